The number of alkyl carbamates (subject to hydrolysis) is 1. The highest BCUT2D eigenvalue weighted by Gasteiger charge is 2.46. The van der Waals surface area contributed by atoms with E-state index in [4.69, 9.17) is 14.7 Å². The zero-order valence-corrected chi connectivity index (χ0v) is 22.4. The van der Waals surface area contributed by atoms with Crippen LogP contribution in [0.25, 0.3) is 0 Å². The van der Waals surface area contributed by atoms with E-state index in [2.05, 4.69) is 21.2 Å². The molecule has 1 aromatic carbocycles. The summed E-state index contributed by atoms with van der Waals surface area (Å²) in [5, 5.41) is 2.65. The van der Waals surface area contributed by atoms with Gasteiger partial charge in [-0.2, -0.15) is 8.42 Å². The highest BCUT2D eigenvalue weighted by molar-refractivity contribution is 9.10. The second-order valence-corrected chi connectivity index (χ2v) is 12.5. The van der Waals surface area contributed by atoms with E-state index in [0.29, 0.717) is 4.47 Å². The second-order valence-electron chi connectivity index (χ2n) is 10.0. The minimum atomic E-state index is -4.14. The van der Waals surface area contributed by atoms with Crippen molar-refractivity contribution in [3.05, 3.63) is 28.7 Å². The average Bonchev–Trinajstić information content (AvgIpc) is 3.40. The summed E-state index contributed by atoms with van der Waals surface area (Å²) >= 11 is 3.25. The third-order valence-corrected chi connectivity index (χ3v) is 8.09. The third kappa shape index (κ3) is 6.95. The Labute approximate surface area is 214 Å². The molecule has 0 radical (unpaired) electrons. The first-order valence-electron chi connectivity index (χ1n) is 11.5. The number of nitrogens with two attached hydrogens (primary N) is 1. The Balaban J connectivity index is 1.75. The van der Waals surface area contributed by atoms with Crippen LogP contribution >= 0.6 is 15.9 Å². The van der Waals surface area contributed by atoms with Crippen LogP contribution in [0.5, 0.6) is 0 Å². The van der Waals surface area contributed by atoms with E-state index in [1.807, 2.05) is 0 Å². The minimum absolute atomic E-state index is 0.0509. The van der Waals surface area contributed by atoms with Crippen molar-refractivity contribution < 1.29 is 31.7 Å². The Morgan fingerprint density at radius 1 is 1.11 bits per heavy atom. The summed E-state index contributed by atoms with van der Waals surface area (Å²) < 4.78 is 37.0. The first-order chi connectivity index (χ1) is 16.3. The number of likely N-dealkylation sites (tertiary alicyclic amines) is 1. The Morgan fingerprint density at radius 2 is 1.71 bits per heavy atom. The van der Waals surface area contributed by atoms with Crippen molar-refractivity contribution in [2.24, 2.45) is 11.1 Å². The van der Waals surface area contributed by atoms with Crippen molar-refractivity contribution in [3.8, 4) is 0 Å². The summed E-state index contributed by atoms with van der Waals surface area (Å²) in [6, 6.07) is 3.80. The number of carbonyl (C=O) groups is 3. The fraction of sp³-hybridized carbons (Fsp3) is 0.609. The molecule has 0 spiro atoms. The number of rotatable bonds is 7. The van der Waals surface area contributed by atoms with Crippen molar-refractivity contribution in [1.82, 2.24) is 10.2 Å². The molecule has 10 nitrogen and oxygen atoms in total. The molecule has 1 heterocycles. The molecule has 1 aliphatic carbocycles. The lowest BCUT2D eigenvalue weighted by Gasteiger charge is -2.35. The largest absolute Gasteiger partial charge is 0.446 e. The lowest BCUT2D eigenvalue weighted by Crippen LogP contribution is -2.57. The van der Waals surface area contributed by atoms with E-state index in [1.165, 1.54) is 17.0 Å². The standard InChI is InChI=1S/C23H32BrN3O7S/c1-23(2,3)19(26-22(30)33-15-6-4-5-7-15)21(29)27-13-16(12-18(27)20(25)28)34-35(31,32)17-10-8-14(24)9-11-17/h8-11,15-16,18-19H,4-7,12-13H2,1-3H3,(H2,25,28)(H,26,30)/t16-,18-,19+/m0/s1. The van der Waals surface area contributed by atoms with E-state index in [9.17, 15) is 22.8 Å². The van der Waals surface area contributed by atoms with Crippen molar-refractivity contribution in [1.29, 1.82) is 0 Å². The van der Waals surface area contributed by atoms with Crippen molar-refractivity contribution in [3.63, 3.8) is 0 Å². The van der Waals surface area contributed by atoms with Crippen LogP contribution in [-0.2, 0) is 28.6 Å². The van der Waals surface area contributed by atoms with Crippen LogP contribution in [0.3, 0.4) is 0 Å². The number of nitrogens with zero attached hydrogens (tertiary/aromatic N) is 1. The summed E-state index contributed by atoms with van der Waals surface area (Å²) in [6.07, 6.45) is 1.59. The number of amides is 3. The average molecular weight is 574 g/mol. The molecule has 3 atom stereocenters. The molecule has 35 heavy (non-hydrogen) atoms. The lowest BCUT2D eigenvalue weighted by molar-refractivity contribution is -0.141. The minimum Gasteiger partial charge on any atom is -0.446 e. The molecule has 1 saturated heterocycles. The number of benzene rings is 1. The number of primary amides is 1. The van der Waals surface area contributed by atoms with Gasteiger partial charge >= 0.3 is 6.09 Å². The predicted molar refractivity (Wildman–Crippen MR) is 131 cm³/mol. The van der Waals surface area contributed by atoms with Gasteiger partial charge in [0, 0.05) is 17.4 Å². The maximum absolute atomic E-state index is 13.5. The van der Waals surface area contributed by atoms with Gasteiger partial charge in [-0.15, -0.1) is 0 Å². The topological polar surface area (TPSA) is 145 Å². The van der Waals surface area contributed by atoms with Gasteiger partial charge in [-0.05, 0) is 55.4 Å². The van der Waals surface area contributed by atoms with E-state index in [0.717, 1.165) is 25.7 Å². The Kier molecular flexibility index (Phi) is 8.48. The van der Waals surface area contributed by atoms with E-state index >= 15 is 0 Å². The molecular weight excluding hydrogens is 542 g/mol. The normalized spacial score (nSPS) is 22.1. The van der Waals surface area contributed by atoms with Gasteiger partial charge < -0.3 is 20.7 Å². The van der Waals surface area contributed by atoms with E-state index < -0.39 is 51.6 Å². The molecule has 2 aliphatic rings. The van der Waals surface area contributed by atoms with Gasteiger partial charge in [-0.3, -0.25) is 13.8 Å². The monoisotopic (exact) mass is 573 g/mol. The second kappa shape index (κ2) is 10.8. The molecule has 1 aliphatic heterocycles. The van der Waals surface area contributed by atoms with Gasteiger partial charge in [-0.25, -0.2) is 4.79 Å². The number of nitrogens with one attached hydrogen (secondary N) is 1. The lowest BCUT2D eigenvalue weighted by atomic mass is 9.85. The Bertz CT molecular complexity index is 1050. The van der Waals surface area contributed by atoms with Gasteiger partial charge in [0.1, 0.15) is 18.2 Å². The van der Waals surface area contributed by atoms with Gasteiger partial charge in [0.2, 0.25) is 11.8 Å². The molecule has 1 saturated carbocycles. The zero-order chi connectivity index (χ0) is 26.0. The van der Waals surface area contributed by atoms with Crippen molar-refractivity contribution in [2.45, 2.75) is 82.1 Å². The maximum Gasteiger partial charge on any atom is 0.408 e. The van der Waals surface area contributed by atoms with Crippen molar-refractivity contribution >= 4 is 44.0 Å². The molecule has 2 fully saturated rings. The molecular formula is C23H32BrN3O7S. The van der Waals surface area contributed by atoms with Crippen LogP contribution in [0, 0.1) is 5.41 Å². The summed E-state index contributed by atoms with van der Waals surface area (Å²) in [5.74, 6) is -1.34. The first kappa shape index (κ1) is 27.4. The van der Waals surface area contributed by atoms with Crippen LogP contribution < -0.4 is 11.1 Å². The molecule has 0 unspecified atom stereocenters. The van der Waals surface area contributed by atoms with Gasteiger partial charge in [0.25, 0.3) is 10.1 Å². The third-order valence-electron chi connectivity index (χ3n) is 6.19. The van der Waals surface area contributed by atoms with E-state index in [1.54, 1.807) is 32.9 Å². The van der Waals surface area contributed by atoms with E-state index in [-0.39, 0.29) is 24.0 Å². The predicted octanol–water partition coefficient (Wildman–Crippen LogP) is 2.69. The quantitative estimate of drug-likeness (QED) is 0.477. The molecule has 194 valence electrons. The zero-order valence-electron chi connectivity index (χ0n) is 20.0. The van der Waals surface area contributed by atoms with Gasteiger partial charge in [0.15, 0.2) is 0 Å². The smallest absolute Gasteiger partial charge is 0.408 e. The van der Waals surface area contributed by atoms with Gasteiger partial charge in [0.05, 0.1) is 11.0 Å². The van der Waals surface area contributed by atoms with Crippen LogP contribution in [0.2, 0.25) is 0 Å². The number of hydrogen-bond donors (Lipinski definition) is 2. The SMILES string of the molecule is CC(C)(C)[C@H](NC(=O)OC1CCCC1)C(=O)N1C[C@@H](OS(=O)(=O)c2ccc(Br)cc2)C[C@H]1C(N)=O. The van der Waals surface area contributed by atoms with Crippen LogP contribution in [-0.4, -0.2) is 62.1 Å². The fourth-order valence-electron chi connectivity index (χ4n) is 4.34. The highest BCUT2D eigenvalue weighted by Crippen LogP contribution is 2.29. The Morgan fingerprint density at radius 3 is 2.26 bits per heavy atom. The summed E-state index contributed by atoms with van der Waals surface area (Å²) in [5.41, 5.74) is 4.82. The van der Waals surface area contributed by atoms with Crippen molar-refractivity contribution in [2.75, 3.05) is 6.54 Å². The number of hydrogen-bond acceptors (Lipinski definition) is 7. The summed E-state index contributed by atoms with van der Waals surface area (Å²) in [7, 11) is -4.14. The maximum atomic E-state index is 13.5. The molecule has 1 aromatic rings. The molecule has 3 rings (SSSR count). The number of carbonyl (C=O) groups excluding carboxylic acids is 3. The fourth-order valence-corrected chi connectivity index (χ4v) is 5.68. The van der Waals surface area contributed by atoms with Crippen LogP contribution in [0.4, 0.5) is 4.79 Å². The molecule has 0 aromatic heterocycles. The molecule has 0 bridgehead atoms. The number of halogens is 1. The summed E-state index contributed by atoms with van der Waals surface area (Å²) in [4.78, 5) is 39.4. The Hall–Kier alpha value is -2.18. The highest BCUT2D eigenvalue weighted by atomic mass is 79.9. The molecule has 3 amide bonds. The molecule has 3 N–H and O–H groups in total. The first-order valence-corrected chi connectivity index (χ1v) is 13.7. The number of ether oxygens (including phenoxy) is 1. The van der Waals surface area contributed by atoms with Crippen LogP contribution in [0.15, 0.2) is 33.6 Å². The summed E-state index contributed by atoms with van der Waals surface area (Å²) in [6.45, 7) is 5.14. The van der Waals surface area contributed by atoms with Gasteiger partial charge in [-0.1, -0.05) is 36.7 Å². The van der Waals surface area contributed by atoms with Crippen LogP contribution in [0.1, 0.15) is 52.9 Å². The molecule has 12 heteroatoms.